The molecule has 4 nitrogen and oxygen atoms in total. The Morgan fingerprint density at radius 2 is 1.09 bits per heavy atom. The SMILES string of the molecule is C1=CC(c2ccc3ccc4ccc(-c5ccc(-c6cccc(-c7nc8ccccc8c8cc9c(cc78)-c7ccccc7C9(c7ccccc7)c7ccccc7)c6)cn5)nc4c3n2)=CCC1. The number of nitrogens with zero attached hydrogens (tertiary/aromatic N) is 4. The molecule has 2 aliphatic rings. The van der Waals surface area contributed by atoms with Crippen LogP contribution in [-0.4, -0.2) is 19.9 Å². The Kier molecular flexibility index (Phi) is 8.53. The predicted octanol–water partition coefficient (Wildman–Crippen LogP) is 15.0. The second kappa shape index (κ2) is 14.9. The van der Waals surface area contributed by atoms with Gasteiger partial charge in [-0.05, 0) is 105 Å². The van der Waals surface area contributed by atoms with Gasteiger partial charge in [0.1, 0.15) is 0 Å². The van der Waals surface area contributed by atoms with Gasteiger partial charge in [-0.1, -0.05) is 170 Å². The predicted molar refractivity (Wildman–Crippen MR) is 268 cm³/mol. The molecule has 0 fully saturated rings. The average molecular weight is 829 g/mol. The summed E-state index contributed by atoms with van der Waals surface area (Å²) in [4.78, 5) is 20.8. The van der Waals surface area contributed by atoms with E-state index in [0.29, 0.717) is 0 Å². The van der Waals surface area contributed by atoms with Crippen LogP contribution in [-0.2, 0) is 5.41 Å². The van der Waals surface area contributed by atoms with Crippen molar-refractivity contribution >= 4 is 49.1 Å². The number of benzene rings is 7. The first-order valence-corrected chi connectivity index (χ1v) is 22.4. The Balaban J connectivity index is 0.927. The smallest absolute Gasteiger partial charge is 0.0973 e. The van der Waals surface area contributed by atoms with Gasteiger partial charge in [0.25, 0.3) is 0 Å². The van der Waals surface area contributed by atoms with Crippen LogP contribution in [0.4, 0.5) is 0 Å². The van der Waals surface area contributed by atoms with Crippen LogP contribution in [0.15, 0.2) is 219 Å². The summed E-state index contributed by atoms with van der Waals surface area (Å²) in [5.41, 5.74) is 17.7. The first-order chi connectivity index (χ1) is 32.2. The molecule has 0 saturated heterocycles. The van der Waals surface area contributed by atoms with Crippen LogP contribution in [0.25, 0.3) is 94.0 Å². The molecule has 4 aromatic heterocycles. The fourth-order valence-electron chi connectivity index (χ4n) is 10.5. The molecule has 2 aliphatic carbocycles. The van der Waals surface area contributed by atoms with E-state index in [1.165, 1.54) is 44.3 Å². The van der Waals surface area contributed by atoms with Gasteiger partial charge in [0.05, 0.1) is 44.7 Å². The molecule has 0 atom stereocenters. The molecule has 11 aromatic rings. The summed E-state index contributed by atoms with van der Waals surface area (Å²) in [6, 6.07) is 70.1. The summed E-state index contributed by atoms with van der Waals surface area (Å²) >= 11 is 0. The fourth-order valence-corrected chi connectivity index (χ4v) is 10.5. The topological polar surface area (TPSA) is 51.6 Å². The van der Waals surface area contributed by atoms with Gasteiger partial charge in [-0.25, -0.2) is 15.0 Å². The minimum absolute atomic E-state index is 0.493. The summed E-state index contributed by atoms with van der Waals surface area (Å²) in [5, 5.41) is 5.59. The lowest BCUT2D eigenvalue weighted by molar-refractivity contribution is 0.769. The monoisotopic (exact) mass is 828 g/mol. The Labute approximate surface area is 377 Å². The van der Waals surface area contributed by atoms with Crippen LogP contribution in [0.3, 0.4) is 0 Å². The maximum atomic E-state index is 5.44. The number of hydrogen-bond acceptors (Lipinski definition) is 4. The molecular weight excluding hydrogens is 789 g/mol. The summed E-state index contributed by atoms with van der Waals surface area (Å²) in [7, 11) is 0. The Morgan fingerprint density at radius 1 is 0.415 bits per heavy atom. The Hall–Kier alpha value is -8.34. The maximum absolute atomic E-state index is 5.44. The molecule has 0 saturated carbocycles. The molecule has 4 heterocycles. The first kappa shape index (κ1) is 37.2. The lowest BCUT2D eigenvalue weighted by atomic mass is 9.67. The lowest BCUT2D eigenvalue weighted by Crippen LogP contribution is -2.28. The Morgan fingerprint density at radius 3 is 1.85 bits per heavy atom. The molecule has 0 radical (unpaired) electrons. The largest absolute Gasteiger partial charge is 0.254 e. The van der Waals surface area contributed by atoms with Crippen LogP contribution in [0.5, 0.6) is 0 Å². The normalized spacial score (nSPS) is 13.9. The average Bonchev–Trinajstić information content (AvgIpc) is 3.68. The fraction of sp³-hybridized carbons (Fsp3) is 0.0492. The number of allylic oxidation sites excluding steroid dienone is 4. The summed E-state index contributed by atoms with van der Waals surface area (Å²) in [6.07, 6.45) is 10.7. The molecule has 0 aliphatic heterocycles. The number of aromatic nitrogens is 4. The van der Waals surface area contributed by atoms with Gasteiger partial charge in [0.2, 0.25) is 0 Å². The van der Waals surface area contributed by atoms with Gasteiger partial charge in [-0.2, -0.15) is 0 Å². The molecule has 13 rings (SSSR count). The van der Waals surface area contributed by atoms with Crippen molar-refractivity contribution in [3.05, 3.63) is 246 Å². The van der Waals surface area contributed by atoms with Gasteiger partial charge >= 0.3 is 0 Å². The van der Waals surface area contributed by atoms with Gasteiger partial charge in [0, 0.05) is 38.9 Å². The third-order valence-electron chi connectivity index (χ3n) is 13.6. The highest BCUT2D eigenvalue weighted by Crippen LogP contribution is 2.57. The van der Waals surface area contributed by atoms with Crippen LogP contribution in [0.2, 0.25) is 0 Å². The van der Waals surface area contributed by atoms with E-state index in [1.807, 2.05) is 6.20 Å². The van der Waals surface area contributed by atoms with E-state index in [4.69, 9.17) is 19.9 Å². The van der Waals surface area contributed by atoms with E-state index in [9.17, 15) is 0 Å². The molecule has 0 amide bonds. The third-order valence-corrected chi connectivity index (χ3v) is 13.6. The standard InChI is InChI=1S/C61H40N4/c1-4-15-39(16-5-1)54-32-29-40-27-28-41-30-34-57(65-60(41)59(40)63-54)56-33-31-44(38-62-56)42-17-14-18-43(35-42)58-51-36-50-47-23-10-12-25-52(47)61(45-19-6-2-7-20-45,46-21-8-3-9-22-46)53(50)37-49(51)48-24-11-13-26-55(48)64-58/h2-4,6-38H,1,5H2. The van der Waals surface area contributed by atoms with Gasteiger partial charge in [0.15, 0.2) is 0 Å². The molecule has 65 heavy (non-hydrogen) atoms. The lowest BCUT2D eigenvalue weighted by Gasteiger charge is -2.34. The molecule has 0 bridgehead atoms. The van der Waals surface area contributed by atoms with Crippen molar-refractivity contribution in [1.29, 1.82) is 0 Å². The zero-order valence-electron chi connectivity index (χ0n) is 35.5. The minimum atomic E-state index is -0.493. The number of para-hydroxylation sites is 1. The number of hydrogen-bond donors (Lipinski definition) is 0. The minimum Gasteiger partial charge on any atom is -0.254 e. The van der Waals surface area contributed by atoms with Gasteiger partial charge in [-0.15, -0.1) is 0 Å². The highest BCUT2D eigenvalue weighted by Gasteiger charge is 2.46. The molecule has 304 valence electrons. The molecule has 0 N–H and O–H groups in total. The second-order valence-electron chi connectivity index (χ2n) is 17.2. The van der Waals surface area contributed by atoms with E-state index in [-0.39, 0.29) is 0 Å². The molecular formula is C61H40N4. The number of fused-ring (bicyclic) bond motifs is 9. The first-order valence-electron chi connectivity index (χ1n) is 22.4. The number of rotatable bonds is 6. The zero-order chi connectivity index (χ0) is 42.9. The quantitative estimate of drug-likeness (QED) is 0.157. The Bertz CT molecular complexity index is 3720. The van der Waals surface area contributed by atoms with Crippen molar-refractivity contribution in [3.8, 4) is 44.9 Å². The van der Waals surface area contributed by atoms with E-state index in [1.54, 1.807) is 0 Å². The van der Waals surface area contributed by atoms with E-state index >= 15 is 0 Å². The van der Waals surface area contributed by atoms with Crippen molar-refractivity contribution < 1.29 is 0 Å². The molecule has 7 aromatic carbocycles. The van der Waals surface area contributed by atoms with E-state index in [0.717, 1.165) is 90.4 Å². The van der Waals surface area contributed by atoms with Gasteiger partial charge < -0.3 is 0 Å². The van der Waals surface area contributed by atoms with E-state index < -0.39 is 5.41 Å². The van der Waals surface area contributed by atoms with Crippen molar-refractivity contribution in [2.24, 2.45) is 0 Å². The van der Waals surface area contributed by atoms with Gasteiger partial charge in [-0.3, -0.25) is 4.98 Å². The van der Waals surface area contributed by atoms with Crippen molar-refractivity contribution in [2.75, 3.05) is 0 Å². The number of pyridine rings is 4. The molecule has 0 spiro atoms. The molecule has 4 heteroatoms. The highest BCUT2D eigenvalue weighted by atomic mass is 14.8. The maximum Gasteiger partial charge on any atom is 0.0973 e. The van der Waals surface area contributed by atoms with Crippen LogP contribution < -0.4 is 0 Å². The summed E-state index contributed by atoms with van der Waals surface area (Å²) < 4.78 is 0. The van der Waals surface area contributed by atoms with Crippen LogP contribution >= 0.6 is 0 Å². The highest BCUT2D eigenvalue weighted by molar-refractivity contribution is 6.13. The van der Waals surface area contributed by atoms with Crippen LogP contribution in [0, 0.1) is 0 Å². The van der Waals surface area contributed by atoms with Crippen LogP contribution in [0.1, 0.15) is 40.8 Å². The van der Waals surface area contributed by atoms with Crippen molar-refractivity contribution in [2.45, 2.75) is 18.3 Å². The zero-order valence-corrected chi connectivity index (χ0v) is 35.5. The third kappa shape index (κ3) is 5.91. The van der Waals surface area contributed by atoms with Crippen molar-refractivity contribution in [1.82, 2.24) is 19.9 Å². The molecule has 0 unspecified atom stereocenters. The second-order valence-corrected chi connectivity index (χ2v) is 17.2. The summed E-state index contributed by atoms with van der Waals surface area (Å²) in [5.74, 6) is 0. The van der Waals surface area contributed by atoms with E-state index in [2.05, 4.69) is 212 Å². The van der Waals surface area contributed by atoms with Crippen molar-refractivity contribution in [3.63, 3.8) is 0 Å². The summed E-state index contributed by atoms with van der Waals surface area (Å²) in [6.45, 7) is 0.